The van der Waals surface area contributed by atoms with Gasteiger partial charge in [0.05, 0.1) is 25.3 Å². The minimum atomic E-state index is -0.263. The van der Waals surface area contributed by atoms with E-state index in [2.05, 4.69) is 38.1 Å². The van der Waals surface area contributed by atoms with Crippen molar-refractivity contribution < 1.29 is 14.2 Å². The molecule has 0 saturated heterocycles. The van der Waals surface area contributed by atoms with Crippen molar-refractivity contribution in [2.75, 3.05) is 20.8 Å². The highest BCUT2D eigenvalue weighted by atomic mass is 16.5. The molecule has 0 amide bonds. The highest BCUT2D eigenvalue weighted by Crippen LogP contribution is 2.41. The molecule has 0 N–H and O–H groups in total. The number of para-hydroxylation sites is 2. The zero-order valence-corrected chi connectivity index (χ0v) is 17.2. The van der Waals surface area contributed by atoms with E-state index in [4.69, 9.17) is 19.2 Å². The van der Waals surface area contributed by atoms with E-state index in [9.17, 15) is 0 Å². The molecule has 1 aliphatic rings. The Balaban J connectivity index is 2.03. The molecule has 1 heterocycles. The highest BCUT2D eigenvalue weighted by Gasteiger charge is 2.31. The second kappa shape index (κ2) is 7.63. The summed E-state index contributed by atoms with van der Waals surface area (Å²) in [6.07, 6.45) is 0. The van der Waals surface area contributed by atoms with Crippen LogP contribution in [-0.4, -0.2) is 32.3 Å². The van der Waals surface area contributed by atoms with Crippen molar-refractivity contribution in [3.05, 3.63) is 72.3 Å². The predicted molar refractivity (Wildman–Crippen MR) is 117 cm³/mol. The van der Waals surface area contributed by atoms with Crippen LogP contribution in [0.25, 0.3) is 22.3 Å². The molecule has 3 aromatic rings. The summed E-state index contributed by atoms with van der Waals surface area (Å²) in [6.45, 7) is 4.71. The smallest absolute Gasteiger partial charge is 0.218 e. The molecule has 4 nitrogen and oxygen atoms in total. The van der Waals surface area contributed by atoms with E-state index < -0.39 is 0 Å². The lowest BCUT2D eigenvalue weighted by atomic mass is 9.90. The third-order valence-corrected chi connectivity index (χ3v) is 5.04. The summed E-state index contributed by atoms with van der Waals surface area (Å²) in [5.74, 6) is 2.27. The molecule has 0 unspecified atom stereocenters. The number of rotatable bonds is 5. The summed E-state index contributed by atoms with van der Waals surface area (Å²) < 4.78 is 17.4. The highest BCUT2D eigenvalue weighted by molar-refractivity contribution is 6.08. The lowest BCUT2D eigenvalue weighted by Crippen LogP contribution is -2.17. The number of hydrogen-bond donors (Lipinski definition) is 0. The monoisotopic (exact) mass is 387 g/mol. The SMILES string of the molecule is COc1ccccc1-c1cccc(-c2ccccc2OC)c1C1=NC(C)(C)CO1. The van der Waals surface area contributed by atoms with Gasteiger partial charge >= 0.3 is 0 Å². The third kappa shape index (κ3) is 3.58. The lowest BCUT2D eigenvalue weighted by Gasteiger charge is -2.18. The Bertz CT molecular complexity index is 1000. The summed E-state index contributed by atoms with van der Waals surface area (Å²) in [4.78, 5) is 4.89. The molecule has 0 fully saturated rings. The molecule has 0 spiro atoms. The molecule has 4 heteroatoms. The molecule has 148 valence electrons. The zero-order chi connectivity index (χ0) is 20.4. The van der Waals surface area contributed by atoms with Gasteiger partial charge < -0.3 is 14.2 Å². The summed E-state index contributed by atoms with van der Waals surface area (Å²) in [5.41, 5.74) is 4.72. The van der Waals surface area contributed by atoms with Crippen LogP contribution in [0.4, 0.5) is 0 Å². The molecule has 0 aliphatic carbocycles. The van der Waals surface area contributed by atoms with Crippen LogP contribution in [0.3, 0.4) is 0 Å². The van der Waals surface area contributed by atoms with Crippen molar-refractivity contribution in [2.24, 2.45) is 4.99 Å². The van der Waals surface area contributed by atoms with Crippen molar-refractivity contribution in [1.29, 1.82) is 0 Å². The maximum absolute atomic E-state index is 6.09. The standard InChI is InChI=1S/C25H25NO3/c1-25(2)16-29-24(26-25)23-19(17-10-5-7-14-21(17)27-3)12-9-13-20(23)18-11-6-8-15-22(18)28-4/h5-15H,16H2,1-4H3. The molecule has 1 aliphatic heterocycles. The quantitative estimate of drug-likeness (QED) is 0.573. The number of methoxy groups -OCH3 is 2. The second-order valence-electron chi connectivity index (χ2n) is 7.65. The van der Waals surface area contributed by atoms with Crippen LogP contribution in [-0.2, 0) is 4.74 Å². The fraction of sp³-hybridized carbons (Fsp3) is 0.240. The molecular formula is C25H25NO3. The average molecular weight is 387 g/mol. The molecule has 0 radical (unpaired) electrons. The Hall–Kier alpha value is -3.27. The first-order valence-corrected chi connectivity index (χ1v) is 9.67. The van der Waals surface area contributed by atoms with Crippen LogP contribution in [0.5, 0.6) is 11.5 Å². The van der Waals surface area contributed by atoms with E-state index in [1.54, 1.807) is 14.2 Å². The Labute approximate surface area is 171 Å². The maximum atomic E-state index is 6.09. The van der Waals surface area contributed by atoms with Crippen LogP contribution in [0.1, 0.15) is 19.4 Å². The van der Waals surface area contributed by atoms with Gasteiger partial charge in [-0.25, -0.2) is 4.99 Å². The predicted octanol–water partition coefficient (Wildman–Crippen LogP) is 5.59. The minimum absolute atomic E-state index is 0.263. The van der Waals surface area contributed by atoms with Crippen molar-refractivity contribution in [3.63, 3.8) is 0 Å². The lowest BCUT2D eigenvalue weighted by molar-refractivity contribution is 0.279. The topological polar surface area (TPSA) is 40.0 Å². The van der Waals surface area contributed by atoms with Gasteiger partial charge in [0.2, 0.25) is 5.90 Å². The number of ether oxygens (including phenoxy) is 3. The summed E-state index contributed by atoms with van der Waals surface area (Å²) >= 11 is 0. The van der Waals surface area contributed by atoms with Gasteiger partial charge in [0.25, 0.3) is 0 Å². The summed E-state index contributed by atoms with van der Waals surface area (Å²) in [5, 5.41) is 0. The van der Waals surface area contributed by atoms with E-state index in [1.807, 2.05) is 42.5 Å². The molecular weight excluding hydrogens is 362 g/mol. The Morgan fingerprint density at radius 1 is 0.724 bits per heavy atom. The van der Waals surface area contributed by atoms with Gasteiger partial charge in [0.1, 0.15) is 18.1 Å². The molecule has 4 rings (SSSR count). The van der Waals surface area contributed by atoms with E-state index >= 15 is 0 Å². The first-order valence-electron chi connectivity index (χ1n) is 9.67. The number of nitrogens with zero attached hydrogens (tertiary/aromatic N) is 1. The van der Waals surface area contributed by atoms with Crippen LogP contribution < -0.4 is 9.47 Å². The minimum Gasteiger partial charge on any atom is -0.496 e. The molecule has 0 bridgehead atoms. The molecule has 3 aromatic carbocycles. The van der Waals surface area contributed by atoms with Crippen molar-refractivity contribution in [2.45, 2.75) is 19.4 Å². The largest absolute Gasteiger partial charge is 0.496 e. The number of hydrogen-bond acceptors (Lipinski definition) is 4. The van der Waals surface area contributed by atoms with Crippen molar-refractivity contribution in [3.8, 4) is 33.8 Å². The number of aliphatic imine (C=N–C) groups is 1. The van der Waals surface area contributed by atoms with Gasteiger partial charge in [-0.15, -0.1) is 0 Å². The maximum Gasteiger partial charge on any atom is 0.218 e. The van der Waals surface area contributed by atoms with Crippen LogP contribution in [0.2, 0.25) is 0 Å². The van der Waals surface area contributed by atoms with E-state index in [-0.39, 0.29) is 5.54 Å². The molecule has 29 heavy (non-hydrogen) atoms. The van der Waals surface area contributed by atoms with E-state index in [1.165, 1.54) is 0 Å². The average Bonchev–Trinajstić information content (AvgIpc) is 3.12. The van der Waals surface area contributed by atoms with Crippen LogP contribution >= 0.6 is 0 Å². The molecule has 0 aromatic heterocycles. The van der Waals surface area contributed by atoms with Crippen molar-refractivity contribution in [1.82, 2.24) is 0 Å². The molecule has 0 saturated carbocycles. The van der Waals surface area contributed by atoms with Gasteiger partial charge in [-0.3, -0.25) is 0 Å². The number of benzene rings is 3. The molecule has 0 atom stereocenters. The Morgan fingerprint density at radius 3 is 1.66 bits per heavy atom. The first-order chi connectivity index (χ1) is 14.0. The third-order valence-electron chi connectivity index (χ3n) is 5.04. The van der Waals surface area contributed by atoms with Gasteiger partial charge in [-0.1, -0.05) is 54.6 Å². The van der Waals surface area contributed by atoms with Gasteiger partial charge in [-0.05, 0) is 37.1 Å². The van der Waals surface area contributed by atoms with Crippen molar-refractivity contribution >= 4 is 5.90 Å². The fourth-order valence-electron chi connectivity index (χ4n) is 3.68. The summed E-state index contributed by atoms with van der Waals surface area (Å²) in [6, 6.07) is 22.2. The zero-order valence-electron chi connectivity index (χ0n) is 17.2. The van der Waals surface area contributed by atoms with Crippen LogP contribution in [0.15, 0.2) is 71.7 Å². The summed E-state index contributed by atoms with van der Waals surface area (Å²) in [7, 11) is 3.38. The van der Waals surface area contributed by atoms with Gasteiger partial charge in [0, 0.05) is 11.1 Å². The normalized spacial score (nSPS) is 14.8. The Morgan fingerprint density at radius 2 is 1.21 bits per heavy atom. The van der Waals surface area contributed by atoms with Crippen LogP contribution in [0, 0.1) is 0 Å². The first kappa shape index (κ1) is 19.1. The van der Waals surface area contributed by atoms with E-state index in [0.29, 0.717) is 12.5 Å². The second-order valence-corrected chi connectivity index (χ2v) is 7.65. The van der Waals surface area contributed by atoms with Gasteiger partial charge in [-0.2, -0.15) is 0 Å². The van der Waals surface area contributed by atoms with Gasteiger partial charge in [0.15, 0.2) is 0 Å². The van der Waals surface area contributed by atoms with E-state index in [0.717, 1.165) is 39.3 Å². The Kier molecular flexibility index (Phi) is 5.01. The fourth-order valence-corrected chi connectivity index (χ4v) is 3.68.